The third-order valence-electron chi connectivity index (χ3n) is 5.63. The number of alkyl halides is 3. The van der Waals surface area contributed by atoms with Gasteiger partial charge in [-0.15, -0.1) is 0 Å². The summed E-state index contributed by atoms with van der Waals surface area (Å²) >= 11 is 0. The van der Waals surface area contributed by atoms with E-state index in [1.807, 2.05) is 6.92 Å². The molecule has 1 aromatic carbocycles. The molecule has 0 saturated carbocycles. The molecule has 150 valence electrons. The zero-order valence-corrected chi connectivity index (χ0v) is 15.6. The first-order chi connectivity index (χ1) is 12.8. The van der Waals surface area contributed by atoms with E-state index in [2.05, 4.69) is 5.32 Å². The van der Waals surface area contributed by atoms with Crippen LogP contribution < -0.4 is 15.1 Å². The predicted molar refractivity (Wildman–Crippen MR) is 94.8 cm³/mol. The minimum Gasteiger partial charge on any atom is -0.372 e. The third-order valence-corrected chi connectivity index (χ3v) is 5.63. The van der Waals surface area contributed by atoms with Crippen LogP contribution in [-0.2, 0) is 15.7 Å². The standard InChI is InChI=1S/C19H26F3N3O2/c1-14(18(26)23-16-6-4-15(5-7-16)19(20,21)22)25-10-8-24(9-11-25)13-17-3-2-12-27-17/h4-7,14,17H,2-3,8-13H2,1H3,(H,23,26)/p+2/t14-,17-/m1/s1. The van der Waals surface area contributed by atoms with Gasteiger partial charge in [0, 0.05) is 12.3 Å². The Morgan fingerprint density at radius 2 is 1.89 bits per heavy atom. The number of carbonyl (C=O) groups is 1. The van der Waals surface area contributed by atoms with Crippen molar-refractivity contribution in [2.75, 3.05) is 44.6 Å². The molecule has 2 saturated heterocycles. The molecule has 3 N–H and O–H groups in total. The fourth-order valence-electron chi connectivity index (χ4n) is 3.87. The monoisotopic (exact) mass is 387 g/mol. The second-order valence-corrected chi connectivity index (χ2v) is 7.53. The minimum absolute atomic E-state index is 0.160. The fourth-order valence-corrected chi connectivity index (χ4v) is 3.87. The van der Waals surface area contributed by atoms with E-state index in [0.29, 0.717) is 11.8 Å². The van der Waals surface area contributed by atoms with Crippen LogP contribution in [0.2, 0.25) is 0 Å². The Morgan fingerprint density at radius 1 is 1.22 bits per heavy atom. The van der Waals surface area contributed by atoms with Gasteiger partial charge in [-0.1, -0.05) is 0 Å². The highest BCUT2D eigenvalue weighted by molar-refractivity contribution is 5.93. The highest BCUT2D eigenvalue weighted by Gasteiger charge is 2.33. The molecule has 27 heavy (non-hydrogen) atoms. The molecule has 0 aliphatic carbocycles. The lowest BCUT2D eigenvalue weighted by molar-refractivity contribution is -1.02. The van der Waals surface area contributed by atoms with Crippen molar-refractivity contribution in [3.05, 3.63) is 29.8 Å². The van der Waals surface area contributed by atoms with Gasteiger partial charge >= 0.3 is 6.18 Å². The Morgan fingerprint density at radius 3 is 2.44 bits per heavy atom. The Hall–Kier alpha value is -1.64. The fraction of sp³-hybridized carbons (Fsp3) is 0.632. The average molecular weight is 387 g/mol. The van der Waals surface area contributed by atoms with Gasteiger partial charge in [-0.05, 0) is 44.0 Å². The largest absolute Gasteiger partial charge is 0.416 e. The summed E-state index contributed by atoms with van der Waals surface area (Å²) in [6.07, 6.45) is -1.70. The molecular formula is C19H28F3N3O2+2. The lowest BCUT2D eigenvalue weighted by atomic mass is 10.1. The van der Waals surface area contributed by atoms with Gasteiger partial charge in [-0.2, -0.15) is 13.2 Å². The quantitative estimate of drug-likeness (QED) is 0.666. The molecule has 2 aliphatic rings. The van der Waals surface area contributed by atoms with E-state index in [4.69, 9.17) is 4.74 Å². The van der Waals surface area contributed by atoms with Crippen molar-refractivity contribution >= 4 is 11.6 Å². The first kappa shape index (κ1) is 20.1. The van der Waals surface area contributed by atoms with Crippen LogP contribution in [0.25, 0.3) is 0 Å². The summed E-state index contributed by atoms with van der Waals surface area (Å²) in [6.45, 7) is 7.61. The predicted octanol–water partition coefficient (Wildman–Crippen LogP) is -0.00520. The number of ether oxygens (including phenoxy) is 1. The lowest BCUT2D eigenvalue weighted by Gasteiger charge is -2.33. The van der Waals surface area contributed by atoms with Gasteiger partial charge in [-0.3, -0.25) is 4.79 Å². The van der Waals surface area contributed by atoms with Gasteiger partial charge in [0.15, 0.2) is 6.04 Å². The maximum atomic E-state index is 12.6. The topological polar surface area (TPSA) is 47.2 Å². The number of hydrogen-bond acceptors (Lipinski definition) is 2. The summed E-state index contributed by atoms with van der Waals surface area (Å²) in [5, 5.41) is 2.73. The van der Waals surface area contributed by atoms with E-state index in [-0.39, 0.29) is 11.9 Å². The maximum absolute atomic E-state index is 12.6. The van der Waals surface area contributed by atoms with E-state index in [9.17, 15) is 18.0 Å². The van der Waals surface area contributed by atoms with Gasteiger partial charge < -0.3 is 19.9 Å². The van der Waals surface area contributed by atoms with Crippen LogP contribution in [-0.4, -0.2) is 57.4 Å². The van der Waals surface area contributed by atoms with Crippen LogP contribution in [0.3, 0.4) is 0 Å². The van der Waals surface area contributed by atoms with Crippen molar-refractivity contribution in [3.8, 4) is 0 Å². The summed E-state index contributed by atoms with van der Waals surface area (Å²) < 4.78 is 43.5. The third kappa shape index (κ3) is 5.43. The number of anilines is 1. The van der Waals surface area contributed by atoms with Gasteiger partial charge in [0.25, 0.3) is 5.91 Å². The van der Waals surface area contributed by atoms with Crippen molar-refractivity contribution in [2.24, 2.45) is 0 Å². The molecule has 0 bridgehead atoms. The van der Waals surface area contributed by atoms with Gasteiger partial charge in [-0.25, -0.2) is 0 Å². The van der Waals surface area contributed by atoms with Crippen molar-refractivity contribution in [1.82, 2.24) is 0 Å². The second kappa shape index (κ2) is 8.58. The molecular weight excluding hydrogens is 359 g/mol. The van der Waals surface area contributed by atoms with E-state index in [1.165, 1.54) is 21.9 Å². The molecule has 2 heterocycles. The number of rotatable bonds is 5. The van der Waals surface area contributed by atoms with E-state index in [1.54, 1.807) is 0 Å². The molecule has 1 aromatic rings. The Kier molecular flexibility index (Phi) is 6.39. The number of halogens is 3. The molecule has 5 nitrogen and oxygen atoms in total. The van der Waals surface area contributed by atoms with Crippen LogP contribution in [0.4, 0.5) is 18.9 Å². The van der Waals surface area contributed by atoms with Crippen molar-refractivity contribution in [1.29, 1.82) is 0 Å². The molecule has 0 radical (unpaired) electrons. The summed E-state index contributed by atoms with van der Waals surface area (Å²) in [4.78, 5) is 15.2. The summed E-state index contributed by atoms with van der Waals surface area (Å²) in [5.41, 5.74) is -0.327. The van der Waals surface area contributed by atoms with Crippen molar-refractivity contribution in [2.45, 2.75) is 38.1 Å². The molecule has 2 fully saturated rings. The normalized spacial score (nSPS) is 27.3. The summed E-state index contributed by atoms with van der Waals surface area (Å²) in [6, 6.07) is 4.33. The minimum atomic E-state index is -4.37. The van der Waals surface area contributed by atoms with Crippen molar-refractivity contribution < 1.29 is 32.5 Å². The highest BCUT2D eigenvalue weighted by Crippen LogP contribution is 2.29. The van der Waals surface area contributed by atoms with Gasteiger partial charge in [0.1, 0.15) is 38.8 Å². The smallest absolute Gasteiger partial charge is 0.372 e. The molecule has 8 heteroatoms. The molecule has 0 unspecified atom stereocenters. The number of hydrogen-bond donors (Lipinski definition) is 3. The molecule has 2 aliphatic heterocycles. The average Bonchev–Trinajstić information content (AvgIpc) is 3.14. The summed E-state index contributed by atoms with van der Waals surface area (Å²) in [5.74, 6) is -0.160. The van der Waals surface area contributed by atoms with Crippen LogP contribution in [0.1, 0.15) is 25.3 Å². The van der Waals surface area contributed by atoms with Crippen LogP contribution in [0, 0.1) is 0 Å². The number of amides is 1. The molecule has 2 atom stereocenters. The Balaban J connectivity index is 1.46. The molecule has 3 rings (SSSR count). The van der Waals surface area contributed by atoms with E-state index < -0.39 is 11.7 Å². The number of carbonyl (C=O) groups excluding carboxylic acids is 1. The van der Waals surface area contributed by atoms with E-state index >= 15 is 0 Å². The SMILES string of the molecule is C[C@H](C(=O)Nc1ccc(C(F)(F)F)cc1)[NH+]1CC[NH+](C[C@H]2CCCO2)CC1. The number of quaternary nitrogens is 2. The highest BCUT2D eigenvalue weighted by atomic mass is 19.4. The number of nitrogens with one attached hydrogen (secondary N) is 3. The van der Waals surface area contributed by atoms with Gasteiger partial charge in [0.2, 0.25) is 0 Å². The number of benzene rings is 1. The van der Waals surface area contributed by atoms with Crippen LogP contribution in [0.5, 0.6) is 0 Å². The molecule has 0 spiro atoms. The summed E-state index contributed by atoms with van der Waals surface area (Å²) in [7, 11) is 0. The van der Waals surface area contributed by atoms with Crippen LogP contribution >= 0.6 is 0 Å². The Labute approximate surface area is 157 Å². The first-order valence-electron chi connectivity index (χ1n) is 9.61. The van der Waals surface area contributed by atoms with Gasteiger partial charge in [0.05, 0.1) is 5.56 Å². The maximum Gasteiger partial charge on any atom is 0.416 e. The zero-order chi connectivity index (χ0) is 19.4. The Bertz CT molecular complexity index is 622. The van der Waals surface area contributed by atoms with Crippen molar-refractivity contribution in [3.63, 3.8) is 0 Å². The van der Waals surface area contributed by atoms with E-state index in [0.717, 1.165) is 64.3 Å². The lowest BCUT2D eigenvalue weighted by Crippen LogP contribution is -3.30. The van der Waals surface area contributed by atoms with Crippen LogP contribution in [0.15, 0.2) is 24.3 Å². The zero-order valence-electron chi connectivity index (χ0n) is 15.6. The second-order valence-electron chi connectivity index (χ2n) is 7.53. The number of piperazine rings is 1. The first-order valence-corrected chi connectivity index (χ1v) is 9.61. The molecule has 1 amide bonds. The molecule has 0 aromatic heterocycles.